The normalized spacial score (nSPS) is 15.2. The van der Waals surface area contributed by atoms with Crippen LogP contribution in [0.3, 0.4) is 0 Å². The Hall–Kier alpha value is -5.26. The average Bonchev–Trinajstić information content (AvgIpc) is 3.41. The molecule has 2 atom stereocenters. The number of ether oxygens (including phenoxy) is 1. The lowest BCUT2D eigenvalue weighted by Crippen LogP contribution is -2.54. The number of nitrogens with zero attached hydrogens (tertiary/aromatic N) is 3. The van der Waals surface area contributed by atoms with Crippen LogP contribution in [0.4, 0.5) is 10.5 Å². The van der Waals surface area contributed by atoms with E-state index < -0.39 is 47.4 Å². The summed E-state index contributed by atoms with van der Waals surface area (Å²) in [7, 11) is 0. The van der Waals surface area contributed by atoms with E-state index in [1.54, 1.807) is 42.5 Å². The SMILES string of the molecule is Cc1cccc(C(=O)N2CCN(C(=O)OCc3ccccc3)C2C(=O)NC(CC(=O)O)c2cccc([N+](=O)[O-])c2)c1. The molecule has 3 amide bonds. The molecule has 0 saturated carbocycles. The Bertz CT molecular complexity index is 1460. The molecule has 0 radical (unpaired) electrons. The highest BCUT2D eigenvalue weighted by atomic mass is 16.6. The van der Waals surface area contributed by atoms with E-state index in [2.05, 4.69) is 5.32 Å². The zero-order valence-electron chi connectivity index (χ0n) is 22.1. The summed E-state index contributed by atoms with van der Waals surface area (Å²) < 4.78 is 5.44. The highest BCUT2D eigenvalue weighted by Crippen LogP contribution is 2.25. The molecule has 4 rings (SSSR count). The fourth-order valence-corrected chi connectivity index (χ4v) is 4.59. The summed E-state index contributed by atoms with van der Waals surface area (Å²) in [5, 5.41) is 23.4. The summed E-state index contributed by atoms with van der Waals surface area (Å²) >= 11 is 0. The lowest BCUT2D eigenvalue weighted by atomic mass is 10.0. The van der Waals surface area contributed by atoms with E-state index in [0.29, 0.717) is 5.56 Å². The minimum absolute atomic E-state index is 0.0102. The molecule has 212 valence electrons. The number of benzene rings is 3. The van der Waals surface area contributed by atoms with Crippen LogP contribution in [0, 0.1) is 17.0 Å². The second kappa shape index (κ2) is 12.7. The van der Waals surface area contributed by atoms with Gasteiger partial charge in [0.25, 0.3) is 17.5 Å². The van der Waals surface area contributed by atoms with E-state index in [0.717, 1.165) is 16.0 Å². The largest absolute Gasteiger partial charge is 0.481 e. The van der Waals surface area contributed by atoms with Crippen molar-refractivity contribution < 1.29 is 33.9 Å². The van der Waals surface area contributed by atoms with E-state index in [1.165, 1.54) is 29.2 Å². The standard InChI is InChI=1S/C29H28N4O8/c1-19-7-5-11-22(15-19)28(37)31-13-14-32(29(38)41-18-20-8-3-2-4-9-20)27(31)26(36)30-24(17-25(34)35)21-10-6-12-23(16-21)33(39)40/h2-12,15-16,24,27H,13-14,17-18H2,1H3,(H,30,36)(H,34,35). The average molecular weight is 561 g/mol. The summed E-state index contributed by atoms with van der Waals surface area (Å²) in [4.78, 5) is 65.1. The molecule has 1 aliphatic heterocycles. The van der Waals surface area contributed by atoms with Crippen molar-refractivity contribution in [2.75, 3.05) is 13.1 Å². The number of hydrogen-bond acceptors (Lipinski definition) is 7. The van der Waals surface area contributed by atoms with Gasteiger partial charge < -0.3 is 20.1 Å². The van der Waals surface area contributed by atoms with Crippen molar-refractivity contribution in [1.29, 1.82) is 0 Å². The molecule has 0 spiro atoms. The Morgan fingerprint density at radius 3 is 2.39 bits per heavy atom. The van der Waals surface area contributed by atoms with E-state index in [-0.39, 0.29) is 30.9 Å². The number of rotatable bonds is 9. The summed E-state index contributed by atoms with van der Waals surface area (Å²) in [6.07, 6.45) is -2.89. The van der Waals surface area contributed by atoms with Gasteiger partial charge in [-0.05, 0) is 30.2 Å². The number of aryl methyl sites for hydroxylation is 1. The van der Waals surface area contributed by atoms with E-state index in [9.17, 15) is 34.4 Å². The number of carboxylic acids is 1. The van der Waals surface area contributed by atoms with Gasteiger partial charge in [0.1, 0.15) is 6.61 Å². The van der Waals surface area contributed by atoms with Crippen LogP contribution < -0.4 is 5.32 Å². The number of hydrogen-bond donors (Lipinski definition) is 2. The third kappa shape index (κ3) is 7.04. The predicted octanol–water partition coefficient (Wildman–Crippen LogP) is 3.66. The molecule has 41 heavy (non-hydrogen) atoms. The third-order valence-electron chi connectivity index (χ3n) is 6.55. The predicted molar refractivity (Wildman–Crippen MR) is 146 cm³/mol. The van der Waals surface area contributed by atoms with Gasteiger partial charge in [-0.2, -0.15) is 0 Å². The van der Waals surface area contributed by atoms with Gasteiger partial charge in [0.15, 0.2) is 6.17 Å². The Morgan fingerprint density at radius 1 is 1.00 bits per heavy atom. The molecule has 0 bridgehead atoms. The molecule has 2 N–H and O–H groups in total. The van der Waals surface area contributed by atoms with Gasteiger partial charge in [0, 0.05) is 30.8 Å². The lowest BCUT2D eigenvalue weighted by molar-refractivity contribution is -0.384. The number of nitro benzene ring substituents is 1. The molecular formula is C29H28N4O8. The van der Waals surface area contributed by atoms with E-state index in [1.807, 2.05) is 19.1 Å². The number of carbonyl (C=O) groups is 4. The summed E-state index contributed by atoms with van der Waals surface area (Å²) in [6.45, 7) is 1.76. The Labute approximate surface area is 235 Å². The minimum atomic E-state index is -1.46. The molecule has 1 fully saturated rings. The maximum atomic E-state index is 13.8. The molecule has 2 unspecified atom stereocenters. The van der Waals surface area contributed by atoms with Gasteiger partial charge >= 0.3 is 12.1 Å². The van der Waals surface area contributed by atoms with Crippen LogP contribution in [-0.2, 0) is 20.9 Å². The number of carboxylic acid groups (broad SMARTS) is 1. The number of aliphatic carboxylic acids is 1. The molecule has 3 aromatic carbocycles. The fourth-order valence-electron chi connectivity index (χ4n) is 4.59. The minimum Gasteiger partial charge on any atom is -0.481 e. The number of nitro groups is 1. The van der Waals surface area contributed by atoms with Gasteiger partial charge in [-0.25, -0.2) is 4.79 Å². The highest BCUT2D eigenvalue weighted by molar-refractivity contribution is 5.99. The molecule has 1 aliphatic rings. The van der Waals surface area contributed by atoms with Crippen LogP contribution in [0.5, 0.6) is 0 Å². The Morgan fingerprint density at radius 2 is 1.71 bits per heavy atom. The van der Waals surface area contributed by atoms with Gasteiger partial charge in [-0.3, -0.25) is 29.4 Å². The van der Waals surface area contributed by atoms with Gasteiger partial charge in [-0.15, -0.1) is 0 Å². The van der Waals surface area contributed by atoms with Crippen LogP contribution >= 0.6 is 0 Å². The fraction of sp³-hybridized carbons (Fsp3) is 0.241. The topological polar surface area (TPSA) is 159 Å². The smallest absolute Gasteiger partial charge is 0.412 e. The van der Waals surface area contributed by atoms with Crippen LogP contribution in [0.1, 0.15) is 39.5 Å². The van der Waals surface area contributed by atoms with E-state index >= 15 is 0 Å². The van der Waals surface area contributed by atoms with Crippen molar-refractivity contribution in [3.8, 4) is 0 Å². The first-order chi connectivity index (χ1) is 19.6. The first-order valence-corrected chi connectivity index (χ1v) is 12.8. The monoisotopic (exact) mass is 560 g/mol. The van der Waals surface area contributed by atoms with Crippen LogP contribution in [0.25, 0.3) is 0 Å². The van der Waals surface area contributed by atoms with Crippen molar-refractivity contribution in [2.45, 2.75) is 32.2 Å². The van der Waals surface area contributed by atoms with Crippen molar-refractivity contribution in [3.63, 3.8) is 0 Å². The summed E-state index contributed by atoms with van der Waals surface area (Å²) in [5.41, 5.74) is 1.75. The zero-order valence-corrected chi connectivity index (χ0v) is 22.1. The molecule has 1 heterocycles. The molecule has 12 nitrogen and oxygen atoms in total. The van der Waals surface area contributed by atoms with E-state index in [4.69, 9.17) is 4.74 Å². The Balaban J connectivity index is 1.63. The first kappa shape index (κ1) is 28.7. The highest BCUT2D eigenvalue weighted by Gasteiger charge is 2.44. The molecule has 1 saturated heterocycles. The molecule has 0 aliphatic carbocycles. The number of amides is 3. The van der Waals surface area contributed by atoms with Crippen LogP contribution in [-0.4, -0.2) is 63.0 Å². The van der Waals surface area contributed by atoms with Crippen molar-refractivity contribution in [3.05, 3.63) is 111 Å². The summed E-state index contributed by atoms with van der Waals surface area (Å²) in [5.74, 6) is -2.60. The maximum Gasteiger partial charge on any atom is 0.412 e. The molecular weight excluding hydrogens is 532 g/mol. The number of non-ortho nitro benzene ring substituents is 1. The second-order valence-corrected chi connectivity index (χ2v) is 9.49. The zero-order chi connectivity index (χ0) is 29.5. The third-order valence-corrected chi connectivity index (χ3v) is 6.55. The molecule has 3 aromatic rings. The molecule has 0 aromatic heterocycles. The first-order valence-electron chi connectivity index (χ1n) is 12.8. The quantitative estimate of drug-likeness (QED) is 0.296. The van der Waals surface area contributed by atoms with Gasteiger partial charge in [-0.1, -0.05) is 60.2 Å². The maximum absolute atomic E-state index is 13.8. The Kier molecular flexibility index (Phi) is 8.92. The van der Waals surface area contributed by atoms with Crippen molar-refractivity contribution >= 4 is 29.6 Å². The van der Waals surface area contributed by atoms with Crippen LogP contribution in [0.15, 0.2) is 78.9 Å². The van der Waals surface area contributed by atoms with Crippen molar-refractivity contribution in [2.24, 2.45) is 0 Å². The van der Waals surface area contributed by atoms with Gasteiger partial charge in [0.05, 0.1) is 17.4 Å². The van der Waals surface area contributed by atoms with Crippen LogP contribution in [0.2, 0.25) is 0 Å². The van der Waals surface area contributed by atoms with Gasteiger partial charge in [0.2, 0.25) is 0 Å². The summed E-state index contributed by atoms with van der Waals surface area (Å²) in [6, 6.07) is 19.8. The molecule has 12 heteroatoms. The lowest BCUT2D eigenvalue weighted by Gasteiger charge is -2.30. The second-order valence-electron chi connectivity index (χ2n) is 9.49. The number of carbonyl (C=O) groups excluding carboxylic acids is 3. The number of nitrogens with one attached hydrogen (secondary N) is 1. The van der Waals surface area contributed by atoms with Crippen molar-refractivity contribution in [1.82, 2.24) is 15.1 Å².